The van der Waals surface area contributed by atoms with E-state index in [1.54, 1.807) is 0 Å². The van der Waals surface area contributed by atoms with E-state index in [-0.39, 0.29) is 5.75 Å². The third-order valence-electron chi connectivity index (χ3n) is 2.55. The molecule has 0 unspecified atom stereocenters. The van der Waals surface area contributed by atoms with Gasteiger partial charge in [0.05, 0.1) is 5.75 Å². The first-order valence-electron chi connectivity index (χ1n) is 5.73. The zero-order chi connectivity index (χ0) is 13.9. The maximum Gasteiger partial charge on any atom is 0.191 e. The quantitative estimate of drug-likeness (QED) is 0.785. The van der Waals surface area contributed by atoms with Crippen LogP contribution < -0.4 is 0 Å². The van der Waals surface area contributed by atoms with Gasteiger partial charge in [-0.1, -0.05) is 42.1 Å². The summed E-state index contributed by atoms with van der Waals surface area (Å²) in [7, 11) is -1.05. The summed E-state index contributed by atoms with van der Waals surface area (Å²) in [6.07, 6.45) is 1.24. The van der Waals surface area contributed by atoms with Crippen molar-refractivity contribution in [3.63, 3.8) is 0 Å². The Morgan fingerprint density at radius 2 is 1.89 bits per heavy atom. The lowest BCUT2D eigenvalue weighted by atomic mass is 10.2. The number of thioether (sulfide) groups is 1. The molecule has 0 atom stereocenters. The number of sulfone groups is 1. The van der Waals surface area contributed by atoms with E-state index in [1.807, 2.05) is 41.9 Å². The predicted octanol–water partition coefficient (Wildman–Crippen LogP) is 1.62. The summed E-state index contributed by atoms with van der Waals surface area (Å²) in [5, 5.41) is 8.96. The van der Waals surface area contributed by atoms with Crippen LogP contribution in [0.25, 0.3) is 11.4 Å². The minimum atomic E-state index is -2.93. The van der Waals surface area contributed by atoms with Gasteiger partial charge in [0.15, 0.2) is 11.0 Å². The second-order valence-corrected chi connectivity index (χ2v) is 7.53. The van der Waals surface area contributed by atoms with Gasteiger partial charge in [-0.25, -0.2) is 8.42 Å². The maximum atomic E-state index is 11.1. The third-order valence-corrected chi connectivity index (χ3v) is 4.78. The molecular weight excluding hydrogens is 282 g/mol. The van der Waals surface area contributed by atoms with Crippen LogP contribution in [0.3, 0.4) is 0 Å². The topological polar surface area (TPSA) is 64.8 Å². The van der Waals surface area contributed by atoms with E-state index in [1.165, 1.54) is 18.0 Å². The zero-order valence-electron chi connectivity index (χ0n) is 10.8. The van der Waals surface area contributed by atoms with Crippen molar-refractivity contribution in [3.8, 4) is 11.4 Å². The minimum Gasteiger partial charge on any atom is -0.305 e. The zero-order valence-corrected chi connectivity index (χ0v) is 12.4. The molecule has 5 nitrogen and oxygen atoms in total. The Balaban J connectivity index is 2.11. The highest BCUT2D eigenvalue weighted by molar-refractivity contribution is 8.00. The van der Waals surface area contributed by atoms with E-state index in [2.05, 4.69) is 10.2 Å². The first-order valence-corrected chi connectivity index (χ1v) is 8.77. The molecule has 2 aromatic rings. The molecule has 102 valence electrons. The van der Waals surface area contributed by atoms with Crippen LogP contribution in [0.5, 0.6) is 0 Å². The standard InChI is InChI=1S/C12H15N3O2S2/c1-15-11(10-6-4-3-5-7-10)13-14-12(15)18-8-9-19(2,16)17/h3-7H,8-9H2,1-2H3. The molecule has 0 aliphatic rings. The molecule has 0 saturated heterocycles. The second-order valence-electron chi connectivity index (χ2n) is 4.21. The van der Waals surface area contributed by atoms with Gasteiger partial charge in [0.1, 0.15) is 9.84 Å². The lowest BCUT2D eigenvalue weighted by molar-refractivity contribution is 0.603. The van der Waals surface area contributed by atoms with Crippen molar-refractivity contribution in [2.45, 2.75) is 5.16 Å². The fourth-order valence-electron chi connectivity index (χ4n) is 1.56. The molecule has 0 bridgehead atoms. The molecule has 0 amide bonds. The number of nitrogens with zero attached hydrogens (tertiary/aromatic N) is 3. The van der Waals surface area contributed by atoms with Gasteiger partial charge in [-0.2, -0.15) is 0 Å². The Bertz CT molecular complexity index is 651. The maximum absolute atomic E-state index is 11.1. The van der Waals surface area contributed by atoms with E-state index in [0.29, 0.717) is 5.75 Å². The van der Waals surface area contributed by atoms with Crippen LogP contribution in [0.2, 0.25) is 0 Å². The number of hydrogen-bond acceptors (Lipinski definition) is 5. The highest BCUT2D eigenvalue weighted by Gasteiger charge is 2.11. The molecule has 0 radical (unpaired) electrons. The Morgan fingerprint density at radius 1 is 1.21 bits per heavy atom. The molecule has 1 heterocycles. The molecule has 0 N–H and O–H groups in total. The van der Waals surface area contributed by atoms with Crippen LogP contribution in [-0.2, 0) is 16.9 Å². The average Bonchev–Trinajstić information content (AvgIpc) is 2.71. The van der Waals surface area contributed by atoms with Gasteiger partial charge in [-0.05, 0) is 0 Å². The van der Waals surface area contributed by atoms with Gasteiger partial charge in [0, 0.05) is 24.6 Å². The summed E-state index contributed by atoms with van der Waals surface area (Å²) in [5.74, 6) is 1.41. The van der Waals surface area contributed by atoms with Crippen LogP contribution in [0.4, 0.5) is 0 Å². The van der Waals surface area contributed by atoms with Gasteiger partial charge >= 0.3 is 0 Å². The van der Waals surface area contributed by atoms with Crippen LogP contribution in [0.15, 0.2) is 35.5 Å². The van der Waals surface area contributed by atoms with Crippen molar-refractivity contribution < 1.29 is 8.42 Å². The third kappa shape index (κ3) is 3.81. The summed E-state index contributed by atoms with van der Waals surface area (Å²) in [5.41, 5.74) is 0.993. The summed E-state index contributed by atoms with van der Waals surface area (Å²) in [6, 6.07) is 9.77. The van der Waals surface area contributed by atoms with Gasteiger partial charge in [0.25, 0.3) is 0 Å². The Morgan fingerprint density at radius 3 is 2.53 bits per heavy atom. The smallest absolute Gasteiger partial charge is 0.191 e. The molecular formula is C12H15N3O2S2. The SMILES string of the molecule is Cn1c(SCCS(C)(=O)=O)nnc1-c1ccccc1. The highest BCUT2D eigenvalue weighted by Crippen LogP contribution is 2.22. The minimum absolute atomic E-state index is 0.144. The van der Waals surface area contributed by atoms with Crippen molar-refractivity contribution in [2.75, 3.05) is 17.8 Å². The number of benzene rings is 1. The van der Waals surface area contributed by atoms with Crippen molar-refractivity contribution in [1.29, 1.82) is 0 Å². The van der Waals surface area contributed by atoms with Gasteiger partial charge in [0.2, 0.25) is 0 Å². The molecule has 2 rings (SSSR count). The van der Waals surface area contributed by atoms with E-state index in [4.69, 9.17) is 0 Å². The van der Waals surface area contributed by atoms with Crippen LogP contribution in [0.1, 0.15) is 0 Å². The van der Waals surface area contributed by atoms with E-state index in [9.17, 15) is 8.42 Å². The first kappa shape index (κ1) is 14.1. The lowest BCUT2D eigenvalue weighted by Gasteiger charge is -2.03. The van der Waals surface area contributed by atoms with Crippen LogP contribution in [0, 0.1) is 0 Å². The van der Waals surface area contributed by atoms with Crippen molar-refractivity contribution in [3.05, 3.63) is 30.3 Å². The highest BCUT2D eigenvalue weighted by atomic mass is 32.2. The molecule has 0 aliphatic heterocycles. The summed E-state index contributed by atoms with van der Waals surface area (Å²) in [4.78, 5) is 0. The van der Waals surface area contributed by atoms with Crippen molar-refractivity contribution >= 4 is 21.6 Å². The molecule has 7 heteroatoms. The van der Waals surface area contributed by atoms with Crippen molar-refractivity contribution in [1.82, 2.24) is 14.8 Å². The predicted molar refractivity (Wildman–Crippen MR) is 76.9 cm³/mol. The van der Waals surface area contributed by atoms with Gasteiger partial charge in [-0.3, -0.25) is 0 Å². The van der Waals surface area contributed by atoms with Gasteiger partial charge < -0.3 is 4.57 Å². The lowest BCUT2D eigenvalue weighted by Crippen LogP contribution is -2.05. The molecule has 19 heavy (non-hydrogen) atoms. The molecule has 0 fully saturated rings. The summed E-state index contributed by atoms with van der Waals surface area (Å²) >= 11 is 1.40. The molecule has 0 spiro atoms. The fourth-order valence-corrected chi connectivity index (χ4v) is 3.67. The van der Waals surface area contributed by atoms with E-state index >= 15 is 0 Å². The normalized spacial score (nSPS) is 11.7. The number of rotatable bonds is 5. The van der Waals surface area contributed by atoms with Crippen LogP contribution in [-0.4, -0.2) is 40.9 Å². The molecule has 0 saturated carbocycles. The van der Waals surface area contributed by atoms with Gasteiger partial charge in [-0.15, -0.1) is 10.2 Å². The molecule has 0 aliphatic carbocycles. The Kier molecular flexibility index (Phi) is 4.26. The molecule has 1 aromatic carbocycles. The van der Waals surface area contributed by atoms with E-state index < -0.39 is 9.84 Å². The monoisotopic (exact) mass is 297 g/mol. The number of hydrogen-bond donors (Lipinski definition) is 0. The largest absolute Gasteiger partial charge is 0.305 e. The number of aromatic nitrogens is 3. The Hall–Kier alpha value is -1.34. The summed E-state index contributed by atoms with van der Waals surface area (Å²) < 4.78 is 24.0. The van der Waals surface area contributed by atoms with Crippen LogP contribution >= 0.6 is 11.8 Å². The fraction of sp³-hybridized carbons (Fsp3) is 0.333. The van der Waals surface area contributed by atoms with E-state index in [0.717, 1.165) is 16.5 Å². The van der Waals surface area contributed by atoms with Crippen molar-refractivity contribution in [2.24, 2.45) is 7.05 Å². The average molecular weight is 297 g/mol. The second kappa shape index (κ2) is 5.75. The molecule has 1 aromatic heterocycles. The summed E-state index contributed by atoms with van der Waals surface area (Å²) in [6.45, 7) is 0. The first-order chi connectivity index (χ1) is 8.97. The Labute approximate surface area is 117 Å².